The number of hydrogen-bond acceptors (Lipinski definition) is 12. The van der Waals surface area contributed by atoms with E-state index in [-0.39, 0.29) is 42.5 Å². The Balaban J connectivity index is 1.89. The van der Waals surface area contributed by atoms with Crippen LogP contribution in [0.4, 0.5) is 0 Å². The van der Waals surface area contributed by atoms with Crippen molar-refractivity contribution in [2.24, 2.45) is 28.6 Å². The lowest BCUT2D eigenvalue weighted by atomic mass is 9.42. The summed E-state index contributed by atoms with van der Waals surface area (Å²) in [6, 6.07) is 8.31. The highest BCUT2D eigenvalue weighted by atomic mass is 32.2. The molecule has 2 bridgehead atoms. The molecule has 0 radical (unpaired) electrons. The topological polar surface area (TPSA) is 155 Å². The van der Waals surface area contributed by atoms with E-state index in [0.717, 1.165) is 0 Å². The van der Waals surface area contributed by atoms with Gasteiger partial charge in [-0.2, -0.15) is 0 Å². The maximum absolute atomic E-state index is 15.2. The van der Waals surface area contributed by atoms with Crippen molar-refractivity contribution in [1.82, 2.24) is 0 Å². The monoisotopic (exact) mass is 646 g/mol. The van der Waals surface area contributed by atoms with Crippen LogP contribution < -0.4 is 4.74 Å². The third-order valence-corrected chi connectivity index (χ3v) is 11.0. The molecule has 4 aliphatic rings. The predicted molar refractivity (Wildman–Crippen MR) is 162 cm³/mol. The van der Waals surface area contributed by atoms with Crippen molar-refractivity contribution in [3.05, 3.63) is 41.7 Å². The fourth-order valence-corrected chi connectivity index (χ4v) is 8.74. The van der Waals surface area contributed by atoms with Crippen LogP contribution in [0.2, 0.25) is 0 Å². The number of carbonyl (C=O) groups excluding carboxylic acids is 4. The lowest BCUT2D eigenvalue weighted by Gasteiger charge is -2.67. The van der Waals surface area contributed by atoms with Gasteiger partial charge in [-0.3, -0.25) is 19.2 Å². The van der Waals surface area contributed by atoms with Crippen LogP contribution in [0.1, 0.15) is 54.4 Å². The first kappa shape index (κ1) is 33.6. The summed E-state index contributed by atoms with van der Waals surface area (Å²) in [4.78, 5) is 55.3. The minimum Gasteiger partial charge on any atom is -0.454 e. The Morgan fingerprint density at radius 3 is 2.29 bits per heavy atom. The molecular formula is C33H42O11S. The molecule has 3 fully saturated rings. The van der Waals surface area contributed by atoms with Gasteiger partial charge >= 0.3 is 17.9 Å². The normalized spacial score (nSPS) is 38.5. The molecule has 11 nitrogen and oxygen atoms in total. The van der Waals surface area contributed by atoms with Gasteiger partial charge in [0.05, 0.1) is 41.7 Å². The van der Waals surface area contributed by atoms with Crippen LogP contribution in [-0.2, 0) is 38.1 Å². The summed E-state index contributed by atoms with van der Waals surface area (Å²) in [6.07, 6.45) is -1.28. The zero-order chi connectivity index (χ0) is 33.1. The number of fused-ring (bicyclic) bond motifs is 5. The smallest absolute Gasteiger partial charge is 0.317 e. The predicted octanol–water partition coefficient (Wildman–Crippen LogP) is 3.20. The number of allylic oxidation sites excluding steroid dienone is 1. The highest BCUT2D eigenvalue weighted by Gasteiger charge is 2.78. The van der Waals surface area contributed by atoms with Crippen molar-refractivity contribution >= 4 is 35.5 Å². The maximum atomic E-state index is 15.2. The number of ketones is 1. The Bertz CT molecular complexity index is 1410. The van der Waals surface area contributed by atoms with Crippen molar-refractivity contribution in [2.45, 2.75) is 83.9 Å². The molecule has 1 saturated heterocycles. The van der Waals surface area contributed by atoms with Crippen LogP contribution in [0.3, 0.4) is 0 Å². The van der Waals surface area contributed by atoms with Crippen LogP contribution in [0.15, 0.2) is 41.7 Å². The average Bonchev–Trinajstić information content (AvgIpc) is 2.95. The van der Waals surface area contributed by atoms with E-state index in [1.165, 1.54) is 25.6 Å². The summed E-state index contributed by atoms with van der Waals surface area (Å²) in [5, 5.41) is 24.5. The minimum absolute atomic E-state index is 0.121. The Hall–Kier alpha value is -2.77. The zero-order valence-corrected chi connectivity index (χ0v) is 27.5. The largest absolute Gasteiger partial charge is 0.454 e. The molecule has 9 atom stereocenters. The van der Waals surface area contributed by atoms with Gasteiger partial charge in [-0.25, -0.2) is 0 Å². The quantitative estimate of drug-likeness (QED) is 0.254. The van der Waals surface area contributed by atoms with Crippen molar-refractivity contribution in [2.75, 3.05) is 18.8 Å². The van der Waals surface area contributed by atoms with Gasteiger partial charge in [-0.05, 0) is 30.9 Å². The minimum atomic E-state index is -2.10. The van der Waals surface area contributed by atoms with E-state index in [0.29, 0.717) is 0 Å². The molecule has 0 spiro atoms. The van der Waals surface area contributed by atoms with E-state index in [1.807, 2.05) is 6.26 Å². The van der Waals surface area contributed by atoms with Gasteiger partial charge in [0, 0.05) is 43.9 Å². The third-order valence-electron chi connectivity index (χ3n) is 10.6. The van der Waals surface area contributed by atoms with Crippen LogP contribution in [0, 0.1) is 28.6 Å². The second kappa shape index (κ2) is 11.8. The van der Waals surface area contributed by atoms with Crippen molar-refractivity contribution < 1.29 is 53.1 Å². The van der Waals surface area contributed by atoms with Crippen LogP contribution in [0.5, 0.6) is 5.75 Å². The summed E-state index contributed by atoms with van der Waals surface area (Å²) in [6.45, 7) is 8.85. The zero-order valence-electron chi connectivity index (χ0n) is 26.7. The fourth-order valence-electron chi connectivity index (χ4n) is 8.44. The summed E-state index contributed by atoms with van der Waals surface area (Å²) >= 11 is 1.38. The number of rotatable bonds is 7. The molecule has 2 saturated carbocycles. The van der Waals surface area contributed by atoms with E-state index in [2.05, 4.69) is 0 Å². The van der Waals surface area contributed by atoms with Gasteiger partial charge in [-0.1, -0.05) is 39.0 Å². The Kier molecular flexibility index (Phi) is 8.80. The van der Waals surface area contributed by atoms with Crippen molar-refractivity contribution in [1.29, 1.82) is 0 Å². The van der Waals surface area contributed by atoms with Gasteiger partial charge in [0.15, 0.2) is 11.4 Å². The maximum Gasteiger partial charge on any atom is 0.317 e. The molecular weight excluding hydrogens is 604 g/mol. The second-order valence-electron chi connectivity index (χ2n) is 13.4. The Morgan fingerprint density at radius 1 is 1.07 bits per heavy atom. The first-order valence-electron chi connectivity index (χ1n) is 15.1. The molecule has 0 aromatic heterocycles. The fraction of sp³-hybridized carbons (Fsp3) is 0.636. The van der Waals surface area contributed by atoms with E-state index in [1.54, 1.807) is 58.0 Å². The van der Waals surface area contributed by atoms with E-state index in [9.17, 15) is 24.6 Å². The first-order chi connectivity index (χ1) is 21.1. The summed E-state index contributed by atoms with van der Waals surface area (Å²) in [7, 11) is 0. The third kappa shape index (κ3) is 5.04. The second-order valence-corrected chi connectivity index (χ2v) is 14.2. The molecule has 45 heavy (non-hydrogen) atoms. The SMILES string of the molecule is CSCO[C@H]1C[C@H]2OC[C@@]2(OC(C)=O)C2[C@H](C(=O)Oc3ccccc3)[C@]3(O)C[C@H](O)C(C)C(=C(OC(C)=O)C(=O)[C@@]21C)C3(C)C. The number of carbonyl (C=O) groups is 4. The molecule has 3 aliphatic carbocycles. The number of Topliss-reactive ketones (excluding diaryl/α,β-unsaturated/α-hetero) is 1. The molecule has 1 aromatic rings. The molecule has 1 aromatic carbocycles. The number of aliphatic hydroxyl groups is 2. The number of hydrogen-bond donors (Lipinski definition) is 2. The van der Waals surface area contributed by atoms with Gasteiger partial charge in [0.2, 0.25) is 5.78 Å². The summed E-state index contributed by atoms with van der Waals surface area (Å²) in [5.41, 5.74) is -6.60. The van der Waals surface area contributed by atoms with Crippen LogP contribution >= 0.6 is 11.8 Å². The van der Waals surface area contributed by atoms with E-state index >= 15 is 4.79 Å². The Labute approximate surface area is 266 Å². The van der Waals surface area contributed by atoms with Crippen molar-refractivity contribution in [3.8, 4) is 5.75 Å². The molecule has 2 N–H and O–H groups in total. The van der Waals surface area contributed by atoms with Gasteiger partial charge < -0.3 is 33.9 Å². The number of para-hydroxylation sites is 1. The highest BCUT2D eigenvalue weighted by Crippen LogP contribution is 2.66. The molecule has 1 heterocycles. The molecule has 5 rings (SSSR count). The highest BCUT2D eigenvalue weighted by molar-refractivity contribution is 7.98. The number of benzene rings is 1. The van der Waals surface area contributed by atoms with E-state index < -0.39 is 81.8 Å². The lowest BCUT2D eigenvalue weighted by molar-refractivity contribution is -0.338. The number of thioether (sulfide) groups is 1. The van der Waals surface area contributed by atoms with Crippen LogP contribution in [0.25, 0.3) is 0 Å². The van der Waals surface area contributed by atoms with Crippen molar-refractivity contribution in [3.63, 3.8) is 0 Å². The molecule has 0 amide bonds. The molecule has 1 aliphatic heterocycles. The van der Waals surface area contributed by atoms with Gasteiger partial charge in [0.25, 0.3) is 0 Å². The average molecular weight is 647 g/mol. The standard InChI is InChI=1S/C33H42O11S/c1-17-21(36)14-33(39)25(29(38)43-20-11-9-8-10-12-20)27-31(6,28(37)26(42-18(2)34)24(17)30(33,4)5)22(41-16-45-7)13-23-32(27,15-40-23)44-19(3)35/h8-12,17,21-23,25,27,36,39H,13-16H2,1-7H3/t17?,21-,22-,23+,25+,27?,31+,32-,33+/m0/s1. The molecule has 12 heteroatoms. The summed E-state index contributed by atoms with van der Waals surface area (Å²) < 4.78 is 30.0. The van der Waals surface area contributed by atoms with Crippen LogP contribution in [-0.4, -0.2) is 82.2 Å². The number of esters is 3. The van der Waals surface area contributed by atoms with Gasteiger partial charge in [0.1, 0.15) is 11.9 Å². The van der Waals surface area contributed by atoms with Gasteiger partial charge in [-0.15, -0.1) is 11.8 Å². The first-order valence-corrected chi connectivity index (χ1v) is 16.5. The number of ether oxygens (including phenoxy) is 5. The molecule has 2 unspecified atom stereocenters. The lowest BCUT2D eigenvalue weighted by Crippen LogP contribution is -2.80. The number of aliphatic hydroxyl groups excluding tert-OH is 1. The van der Waals surface area contributed by atoms with E-state index in [4.69, 9.17) is 23.7 Å². The molecule has 246 valence electrons. The Morgan fingerprint density at radius 2 is 1.73 bits per heavy atom. The summed E-state index contributed by atoms with van der Waals surface area (Å²) in [5.74, 6) is -6.48.